The molecular weight excluding hydrogens is 264 g/mol. The van der Waals surface area contributed by atoms with Gasteiger partial charge in [0.15, 0.2) is 11.6 Å². The Bertz CT molecular complexity index is 590. The standard InChI is InChI=1S/C15H15F2NO2/c1-20-15-7-6-10(8-12(15)17)14(9-19)18-13-5-3-2-4-11(13)16/h2-8,14,18-19H,9H2,1H3. The molecule has 3 nitrogen and oxygen atoms in total. The molecule has 0 aliphatic heterocycles. The first-order valence-corrected chi connectivity index (χ1v) is 6.11. The lowest BCUT2D eigenvalue weighted by Crippen LogP contribution is -2.16. The number of para-hydroxylation sites is 1. The molecule has 2 aromatic rings. The lowest BCUT2D eigenvalue weighted by Gasteiger charge is -2.19. The van der Waals surface area contributed by atoms with Gasteiger partial charge in [-0.25, -0.2) is 8.78 Å². The molecule has 1 atom stereocenters. The second-order valence-electron chi connectivity index (χ2n) is 4.25. The Morgan fingerprint density at radius 3 is 2.50 bits per heavy atom. The molecule has 0 aliphatic rings. The van der Waals surface area contributed by atoms with E-state index in [9.17, 15) is 13.9 Å². The Morgan fingerprint density at radius 2 is 1.90 bits per heavy atom. The molecule has 20 heavy (non-hydrogen) atoms. The van der Waals surface area contributed by atoms with E-state index >= 15 is 0 Å². The van der Waals surface area contributed by atoms with Crippen molar-refractivity contribution in [2.45, 2.75) is 6.04 Å². The quantitative estimate of drug-likeness (QED) is 0.883. The van der Waals surface area contributed by atoms with Crippen molar-refractivity contribution in [3.8, 4) is 5.75 Å². The SMILES string of the molecule is COc1ccc(C(CO)Nc2ccccc2F)cc1F. The van der Waals surface area contributed by atoms with Crippen LogP contribution >= 0.6 is 0 Å². The van der Waals surface area contributed by atoms with Gasteiger partial charge in [-0.3, -0.25) is 0 Å². The molecule has 2 N–H and O–H groups in total. The van der Waals surface area contributed by atoms with Gasteiger partial charge in [0.2, 0.25) is 0 Å². The maximum atomic E-state index is 13.7. The van der Waals surface area contributed by atoms with Crippen LogP contribution in [-0.4, -0.2) is 18.8 Å². The number of anilines is 1. The monoisotopic (exact) mass is 279 g/mol. The van der Waals surface area contributed by atoms with Crippen LogP contribution in [0.25, 0.3) is 0 Å². The molecule has 1 unspecified atom stereocenters. The summed E-state index contributed by atoms with van der Waals surface area (Å²) < 4.78 is 32.1. The number of ether oxygens (including phenoxy) is 1. The fourth-order valence-corrected chi connectivity index (χ4v) is 1.90. The Labute approximate surface area is 115 Å². The molecule has 0 saturated carbocycles. The molecule has 0 spiro atoms. The van der Waals surface area contributed by atoms with Crippen LogP contribution < -0.4 is 10.1 Å². The van der Waals surface area contributed by atoms with Crippen molar-refractivity contribution in [3.05, 3.63) is 59.7 Å². The smallest absolute Gasteiger partial charge is 0.165 e. The zero-order chi connectivity index (χ0) is 14.5. The van der Waals surface area contributed by atoms with Crippen molar-refractivity contribution in [3.63, 3.8) is 0 Å². The fourth-order valence-electron chi connectivity index (χ4n) is 1.90. The zero-order valence-corrected chi connectivity index (χ0v) is 10.9. The summed E-state index contributed by atoms with van der Waals surface area (Å²) in [5, 5.41) is 12.3. The van der Waals surface area contributed by atoms with Gasteiger partial charge in [-0.2, -0.15) is 0 Å². The molecule has 2 aromatic carbocycles. The third-order valence-electron chi connectivity index (χ3n) is 2.96. The molecule has 0 amide bonds. The molecule has 2 rings (SSSR count). The van der Waals surface area contributed by atoms with Gasteiger partial charge in [0.1, 0.15) is 5.82 Å². The first-order chi connectivity index (χ1) is 9.65. The summed E-state index contributed by atoms with van der Waals surface area (Å²) in [6.45, 7) is -0.292. The second-order valence-corrected chi connectivity index (χ2v) is 4.25. The summed E-state index contributed by atoms with van der Waals surface area (Å²) in [7, 11) is 1.37. The van der Waals surface area contributed by atoms with E-state index in [4.69, 9.17) is 4.74 Å². The number of methoxy groups -OCH3 is 1. The molecule has 0 fully saturated rings. The van der Waals surface area contributed by atoms with E-state index in [1.165, 1.54) is 25.3 Å². The summed E-state index contributed by atoms with van der Waals surface area (Å²) in [5.41, 5.74) is 0.761. The normalized spacial score (nSPS) is 12.0. The summed E-state index contributed by atoms with van der Waals surface area (Å²) in [5.74, 6) is -0.838. The van der Waals surface area contributed by atoms with Crippen LogP contribution in [0.5, 0.6) is 5.75 Å². The number of halogens is 2. The van der Waals surface area contributed by atoms with Crippen molar-refractivity contribution < 1.29 is 18.6 Å². The highest BCUT2D eigenvalue weighted by Gasteiger charge is 2.14. The minimum atomic E-state index is -0.604. The number of hydrogen-bond donors (Lipinski definition) is 2. The first-order valence-electron chi connectivity index (χ1n) is 6.11. The molecule has 0 aliphatic carbocycles. The minimum absolute atomic E-state index is 0.122. The van der Waals surface area contributed by atoms with Crippen LogP contribution in [0.15, 0.2) is 42.5 Å². The second kappa shape index (κ2) is 6.34. The van der Waals surface area contributed by atoms with Gasteiger partial charge in [0.05, 0.1) is 25.4 Å². The van der Waals surface area contributed by atoms with E-state index in [1.54, 1.807) is 24.3 Å². The van der Waals surface area contributed by atoms with Crippen LogP contribution in [-0.2, 0) is 0 Å². The molecule has 0 radical (unpaired) electrons. The topological polar surface area (TPSA) is 41.5 Å². The van der Waals surface area contributed by atoms with Gasteiger partial charge in [-0.1, -0.05) is 18.2 Å². The Hall–Kier alpha value is -2.14. The number of aliphatic hydroxyl groups is 1. The van der Waals surface area contributed by atoms with Crippen molar-refractivity contribution in [2.75, 3.05) is 19.0 Å². The van der Waals surface area contributed by atoms with Gasteiger partial charge in [0.25, 0.3) is 0 Å². The fraction of sp³-hybridized carbons (Fsp3) is 0.200. The molecule has 106 valence electrons. The van der Waals surface area contributed by atoms with Crippen LogP contribution in [0.3, 0.4) is 0 Å². The van der Waals surface area contributed by atoms with Crippen LogP contribution in [0, 0.1) is 11.6 Å². The van der Waals surface area contributed by atoms with Gasteiger partial charge < -0.3 is 15.2 Å². The highest BCUT2D eigenvalue weighted by Crippen LogP contribution is 2.25. The molecule has 0 heterocycles. The van der Waals surface area contributed by atoms with Crippen LogP contribution in [0.4, 0.5) is 14.5 Å². The Kier molecular flexibility index (Phi) is 4.53. The average molecular weight is 279 g/mol. The average Bonchev–Trinajstić information content (AvgIpc) is 2.46. The lowest BCUT2D eigenvalue weighted by molar-refractivity contribution is 0.275. The van der Waals surface area contributed by atoms with E-state index in [1.807, 2.05) is 0 Å². The molecule has 5 heteroatoms. The molecule has 0 aromatic heterocycles. The first kappa shape index (κ1) is 14.3. The van der Waals surface area contributed by atoms with Crippen molar-refractivity contribution in [2.24, 2.45) is 0 Å². The van der Waals surface area contributed by atoms with Crippen LogP contribution in [0.2, 0.25) is 0 Å². The lowest BCUT2D eigenvalue weighted by atomic mass is 10.1. The maximum absolute atomic E-state index is 13.7. The summed E-state index contributed by atoms with van der Waals surface area (Å²) in [4.78, 5) is 0. The van der Waals surface area contributed by atoms with E-state index < -0.39 is 17.7 Å². The van der Waals surface area contributed by atoms with Gasteiger partial charge in [-0.15, -0.1) is 0 Å². The number of aliphatic hydroxyl groups excluding tert-OH is 1. The third-order valence-corrected chi connectivity index (χ3v) is 2.96. The Morgan fingerprint density at radius 1 is 1.15 bits per heavy atom. The summed E-state index contributed by atoms with van der Waals surface area (Å²) >= 11 is 0. The largest absolute Gasteiger partial charge is 0.494 e. The summed E-state index contributed by atoms with van der Waals surface area (Å²) in [6, 6.07) is 9.85. The highest BCUT2D eigenvalue weighted by molar-refractivity contribution is 5.47. The Balaban J connectivity index is 2.24. The third kappa shape index (κ3) is 3.05. The van der Waals surface area contributed by atoms with E-state index in [0.29, 0.717) is 5.56 Å². The van der Waals surface area contributed by atoms with Crippen molar-refractivity contribution >= 4 is 5.69 Å². The number of rotatable bonds is 5. The zero-order valence-electron chi connectivity index (χ0n) is 10.9. The maximum Gasteiger partial charge on any atom is 0.165 e. The van der Waals surface area contributed by atoms with Gasteiger partial charge >= 0.3 is 0 Å². The molecular formula is C15H15F2NO2. The highest BCUT2D eigenvalue weighted by atomic mass is 19.1. The number of benzene rings is 2. The molecule has 0 bridgehead atoms. The predicted molar refractivity (Wildman–Crippen MR) is 72.8 cm³/mol. The van der Waals surface area contributed by atoms with Gasteiger partial charge in [0, 0.05) is 0 Å². The van der Waals surface area contributed by atoms with Crippen LogP contribution in [0.1, 0.15) is 11.6 Å². The number of nitrogens with one attached hydrogen (secondary N) is 1. The van der Waals surface area contributed by atoms with E-state index in [-0.39, 0.29) is 18.0 Å². The predicted octanol–water partition coefficient (Wildman–Crippen LogP) is 3.12. The van der Waals surface area contributed by atoms with Gasteiger partial charge in [-0.05, 0) is 29.8 Å². The number of hydrogen-bond acceptors (Lipinski definition) is 3. The van der Waals surface area contributed by atoms with Crippen molar-refractivity contribution in [1.29, 1.82) is 0 Å². The van der Waals surface area contributed by atoms with Crippen molar-refractivity contribution in [1.82, 2.24) is 0 Å². The van der Waals surface area contributed by atoms with E-state index in [2.05, 4.69) is 5.32 Å². The van der Waals surface area contributed by atoms with E-state index in [0.717, 1.165) is 0 Å². The summed E-state index contributed by atoms with van der Waals surface area (Å²) in [6.07, 6.45) is 0. The molecule has 0 saturated heterocycles. The minimum Gasteiger partial charge on any atom is -0.494 e.